The zero-order valence-corrected chi connectivity index (χ0v) is 16.5. The number of carbonyl (C=O) groups is 2. The largest absolute Gasteiger partial charge is 0.465 e. The minimum atomic E-state index is -0.548. The fraction of sp³-hybridized carbons (Fsp3) is 0.100. The van der Waals surface area contributed by atoms with Crippen LogP contribution in [0.4, 0.5) is 5.69 Å². The summed E-state index contributed by atoms with van der Waals surface area (Å²) in [5, 5.41) is 0.598. The van der Waals surface area contributed by atoms with Gasteiger partial charge >= 0.3 is 5.97 Å². The molecule has 2 aromatic rings. The second-order valence-electron chi connectivity index (χ2n) is 5.68. The maximum absolute atomic E-state index is 13.1. The van der Waals surface area contributed by atoms with Crippen LogP contribution < -0.4 is 4.90 Å². The lowest BCUT2D eigenvalue weighted by Crippen LogP contribution is -2.24. The van der Waals surface area contributed by atoms with Crippen molar-refractivity contribution >= 4 is 51.2 Å². The van der Waals surface area contributed by atoms with Gasteiger partial charge in [-0.1, -0.05) is 45.7 Å². The molecule has 0 N–H and O–H groups in total. The van der Waals surface area contributed by atoms with E-state index in [4.69, 9.17) is 16.3 Å². The topological polar surface area (TPSA) is 46.6 Å². The summed E-state index contributed by atoms with van der Waals surface area (Å²) >= 11 is 9.33. The molecule has 0 saturated carbocycles. The molecule has 0 spiro atoms. The van der Waals surface area contributed by atoms with Crippen molar-refractivity contribution in [1.82, 2.24) is 0 Å². The second kappa shape index (κ2) is 7.48. The molecule has 0 fully saturated rings. The van der Waals surface area contributed by atoms with Crippen molar-refractivity contribution in [3.8, 4) is 0 Å². The standard InChI is InChI=1S/C20H15BrClNO3/c1-12-18(20(25)26-2)17(10-13-6-8-15(22)9-7-13)19(24)23(12)16-5-3-4-14(21)11-16/h3-11H,1-2H3/b17-10-. The molecule has 2 aromatic carbocycles. The quantitative estimate of drug-likeness (QED) is 0.508. The van der Waals surface area contributed by atoms with Gasteiger partial charge in [-0.05, 0) is 48.9 Å². The number of ether oxygens (including phenoxy) is 1. The van der Waals surface area contributed by atoms with E-state index in [0.717, 1.165) is 10.0 Å². The summed E-state index contributed by atoms with van der Waals surface area (Å²) in [6.07, 6.45) is 1.67. The molecule has 1 aliphatic heterocycles. The van der Waals surface area contributed by atoms with Gasteiger partial charge in [0.2, 0.25) is 0 Å². The van der Waals surface area contributed by atoms with E-state index < -0.39 is 5.97 Å². The normalized spacial score (nSPS) is 15.8. The van der Waals surface area contributed by atoms with Crippen LogP contribution in [0.2, 0.25) is 5.02 Å². The number of methoxy groups -OCH3 is 1. The number of benzene rings is 2. The number of nitrogens with zero attached hydrogens (tertiary/aromatic N) is 1. The third-order valence-electron chi connectivity index (χ3n) is 4.04. The number of carbonyl (C=O) groups excluding carboxylic acids is 2. The fourth-order valence-electron chi connectivity index (χ4n) is 2.83. The first-order valence-electron chi connectivity index (χ1n) is 7.79. The van der Waals surface area contributed by atoms with E-state index in [1.807, 2.05) is 24.3 Å². The highest BCUT2D eigenvalue weighted by Gasteiger charge is 2.37. The summed E-state index contributed by atoms with van der Waals surface area (Å²) in [4.78, 5) is 26.9. The molecule has 1 heterocycles. The Morgan fingerprint density at radius 1 is 1.19 bits per heavy atom. The van der Waals surface area contributed by atoms with Gasteiger partial charge in [-0.25, -0.2) is 4.79 Å². The Bertz CT molecular complexity index is 948. The molecule has 1 aliphatic rings. The Balaban J connectivity index is 2.13. The Morgan fingerprint density at radius 2 is 1.88 bits per heavy atom. The average molecular weight is 433 g/mol. The number of hydrogen-bond donors (Lipinski definition) is 0. The maximum Gasteiger partial charge on any atom is 0.340 e. The number of halogens is 2. The van der Waals surface area contributed by atoms with Gasteiger partial charge in [0.25, 0.3) is 5.91 Å². The predicted octanol–water partition coefficient (Wildman–Crippen LogP) is 4.98. The average Bonchev–Trinajstić information content (AvgIpc) is 2.86. The molecule has 132 valence electrons. The number of allylic oxidation sites excluding steroid dienone is 1. The van der Waals surface area contributed by atoms with Crippen LogP contribution in [-0.4, -0.2) is 19.0 Å². The van der Waals surface area contributed by atoms with Gasteiger partial charge in [-0.3, -0.25) is 9.69 Å². The minimum absolute atomic E-state index is 0.257. The molecular formula is C20H15BrClNO3. The molecule has 6 heteroatoms. The first-order valence-corrected chi connectivity index (χ1v) is 8.96. The highest BCUT2D eigenvalue weighted by Crippen LogP contribution is 2.36. The van der Waals surface area contributed by atoms with Crippen LogP contribution in [-0.2, 0) is 14.3 Å². The molecule has 26 heavy (non-hydrogen) atoms. The summed E-state index contributed by atoms with van der Waals surface area (Å²) in [5.74, 6) is -0.829. The summed E-state index contributed by atoms with van der Waals surface area (Å²) in [6.45, 7) is 1.73. The molecule has 1 amide bonds. The number of anilines is 1. The van der Waals surface area contributed by atoms with Crippen LogP contribution in [0, 0.1) is 0 Å². The lowest BCUT2D eigenvalue weighted by atomic mass is 10.0. The molecule has 0 radical (unpaired) electrons. The molecule has 0 saturated heterocycles. The first-order chi connectivity index (χ1) is 12.4. The lowest BCUT2D eigenvalue weighted by molar-refractivity contribution is -0.136. The van der Waals surface area contributed by atoms with E-state index in [-0.39, 0.29) is 17.1 Å². The summed E-state index contributed by atoms with van der Waals surface area (Å²) in [6, 6.07) is 14.4. The van der Waals surface area contributed by atoms with Gasteiger partial charge in [0.1, 0.15) is 0 Å². The molecular weight excluding hydrogens is 418 g/mol. The molecule has 0 unspecified atom stereocenters. The first kappa shape index (κ1) is 18.4. The van der Waals surface area contributed by atoms with Crippen molar-refractivity contribution in [2.75, 3.05) is 12.0 Å². The summed E-state index contributed by atoms with van der Waals surface area (Å²) < 4.78 is 5.74. The van der Waals surface area contributed by atoms with Crippen molar-refractivity contribution < 1.29 is 14.3 Å². The van der Waals surface area contributed by atoms with Crippen LogP contribution in [0.1, 0.15) is 12.5 Å². The van der Waals surface area contributed by atoms with E-state index in [1.165, 1.54) is 12.0 Å². The van der Waals surface area contributed by atoms with Crippen LogP contribution >= 0.6 is 27.5 Å². The zero-order valence-electron chi connectivity index (χ0n) is 14.1. The Hall–Kier alpha value is -2.37. The SMILES string of the molecule is COC(=O)C1=C(C)N(c2cccc(Br)c2)C(=O)/C1=C\c1ccc(Cl)cc1. The zero-order chi connectivity index (χ0) is 18.8. The van der Waals surface area contributed by atoms with Crippen molar-refractivity contribution in [2.45, 2.75) is 6.92 Å². The van der Waals surface area contributed by atoms with Crippen molar-refractivity contribution in [3.63, 3.8) is 0 Å². The highest BCUT2D eigenvalue weighted by molar-refractivity contribution is 9.10. The Labute approximate surface area is 164 Å². The Morgan fingerprint density at radius 3 is 2.50 bits per heavy atom. The number of hydrogen-bond acceptors (Lipinski definition) is 3. The third kappa shape index (κ3) is 3.45. The van der Waals surface area contributed by atoms with Crippen LogP contribution in [0.5, 0.6) is 0 Å². The van der Waals surface area contributed by atoms with Gasteiger partial charge in [0.15, 0.2) is 0 Å². The molecule has 0 aliphatic carbocycles. The predicted molar refractivity (Wildman–Crippen MR) is 106 cm³/mol. The number of esters is 1. The molecule has 3 rings (SSSR count). The van der Waals surface area contributed by atoms with Gasteiger partial charge in [-0.2, -0.15) is 0 Å². The number of rotatable bonds is 3. The van der Waals surface area contributed by atoms with Crippen molar-refractivity contribution in [2.24, 2.45) is 0 Å². The molecule has 0 atom stereocenters. The van der Waals surface area contributed by atoms with E-state index in [1.54, 1.807) is 37.3 Å². The highest BCUT2D eigenvalue weighted by atomic mass is 79.9. The maximum atomic E-state index is 13.1. The number of amides is 1. The van der Waals surface area contributed by atoms with Gasteiger partial charge < -0.3 is 4.74 Å². The van der Waals surface area contributed by atoms with E-state index >= 15 is 0 Å². The van der Waals surface area contributed by atoms with E-state index in [0.29, 0.717) is 16.4 Å². The van der Waals surface area contributed by atoms with Crippen LogP contribution in [0.3, 0.4) is 0 Å². The molecule has 4 nitrogen and oxygen atoms in total. The van der Waals surface area contributed by atoms with Gasteiger partial charge in [0.05, 0.1) is 23.9 Å². The molecule has 0 aromatic heterocycles. The summed E-state index contributed by atoms with van der Waals surface area (Å²) in [5.41, 5.74) is 2.51. The smallest absolute Gasteiger partial charge is 0.340 e. The Kier molecular flexibility index (Phi) is 5.30. The van der Waals surface area contributed by atoms with Crippen LogP contribution in [0.25, 0.3) is 6.08 Å². The second-order valence-corrected chi connectivity index (χ2v) is 7.03. The van der Waals surface area contributed by atoms with Crippen molar-refractivity contribution in [3.05, 3.63) is 80.4 Å². The fourth-order valence-corrected chi connectivity index (χ4v) is 3.34. The van der Waals surface area contributed by atoms with E-state index in [2.05, 4.69) is 15.9 Å². The van der Waals surface area contributed by atoms with Crippen molar-refractivity contribution in [1.29, 1.82) is 0 Å². The molecule has 0 bridgehead atoms. The third-order valence-corrected chi connectivity index (χ3v) is 4.78. The van der Waals surface area contributed by atoms with Crippen LogP contribution in [0.15, 0.2) is 69.8 Å². The lowest BCUT2D eigenvalue weighted by Gasteiger charge is -2.18. The monoisotopic (exact) mass is 431 g/mol. The van der Waals surface area contributed by atoms with Gasteiger partial charge in [0, 0.05) is 15.2 Å². The summed E-state index contributed by atoms with van der Waals surface area (Å²) in [7, 11) is 1.30. The van der Waals surface area contributed by atoms with E-state index in [9.17, 15) is 9.59 Å². The minimum Gasteiger partial charge on any atom is -0.465 e. The van der Waals surface area contributed by atoms with Gasteiger partial charge in [-0.15, -0.1) is 0 Å².